The number of ether oxygens (including phenoxy) is 2. The predicted molar refractivity (Wildman–Crippen MR) is 101 cm³/mol. The molecule has 1 aromatic carbocycles. The van der Waals surface area contributed by atoms with Crippen LogP contribution in [0.25, 0.3) is 0 Å². The van der Waals surface area contributed by atoms with Gasteiger partial charge < -0.3 is 14.4 Å². The van der Waals surface area contributed by atoms with Gasteiger partial charge in [0.15, 0.2) is 6.61 Å². The zero-order chi connectivity index (χ0) is 20.4. The van der Waals surface area contributed by atoms with Gasteiger partial charge in [-0.2, -0.15) is 0 Å². The summed E-state index contributed by atoms with van der Waals surface area (Å²) in [6.45, 7) is 1.53. The van der Waals surface area contributed by atoms with E-state index in [0.717, 1.165) is 32.1 Å². The second-order valence-electron chi connectivity index (χ2n) is 7.60. The predicted octanol–water partition coefficient (Wildman–Crippen LogP) is 1.63. The second kappa shape index (κ2) is 8.32. The molecule has 154 valence electrons. The van der Waals surface area contributed by atoms with E-state index in [0.29, 0.717) is 31.9 Å². The molecule has 3 amide bonds. The Morgan fingerprint density at radius 3 is 2.41 bits per heavy atom. The van der Waals surface area contributed by atoms with Gasteiger partial charge in [-0.3, -0.25) is 19.3 Å². The SMILES string of the molecule is O=C(OCC(=O)N1CCOCC1)c1ccc2c(c1)C(=O)N(C1CCCCC1)C2=O. The lowest BCUT2D eigenvalue weighted by atomic mass is 9.94. The molecule has 2 heterocycles. The van der Waals surface area contributed by atoms with Crippen LogP contribution in [0.4, 0.5) is 0 Å². The maximum absolute atomic E-state index is 12.8. The van der Waals surface area contributed by atoms with E-state index in [-0.39, 0.29) is 41.5 Å². The summed E-state index contributed by atoms with van der Waals surface area (Å²) in [5.41, 5.74) is 0.709. The number of carbonyl (C=O) groups excluding carboxylic acids is 4. The van der Waals surface area contributed by atoms with Crippen molar-refractivity contribution in [2.45, 2.75) is 38.1 Å². The highest BCUT2D eigenvalue weighted by molar-refractivity contribution is 6.22. The number of esters is 1. The second-order valence-corrected chi connectivity index (χ2v) is 7.60. The number of benzene rings is 1. The lowest BCUT2D eigenvalue weighted by Crippen LogP contribution is -2.42. The topological polar surface area (TPSA) is 93.2 Å². The highest BCUT2D eigenvalue weighted by Crippen LogP contribution is 2.31. The van der Waals surface area contributed by atoms with Gasteiger partial charge in [-0.05, 0) is 31.0 Å². The number of fused-ring (bicyclic) bond motifs is 1. The maximum atomic E-state index is 12.8. The zero-order valence-electron chi connectivity index (χ0n) is 16.2. The van der Waals surface area contributed by atoms with Crippen molar-refractivity contribution in [3.8, 4) is 0 Å². The van der Waals surface area contributed by atoms with Crippen LogP contribution in [0, 0.1) is 0 Å². The van der Waals surface area contributed by atoms with Crippen molar-refractivity contribution >= 4 is 23.7 Å². The summed E-state index contributed by atoms with van der Waals surface area (Å²) < 4.78 is 10.3. The van der Waals surface area contributed by atoms with Crippen LogP contribution >= 0.6 is 0 Å². The third-order valence-corrected chi connectivity index (χ3v) is 5.78. The van der Waals surface area contributed by atoms with Gasteiger partial charge in [0.1, 0.15) is 0 Å². The Morgan fingerprint density at radius 2 is 1.69 bits per heavy atom. The van der Waals surface area contributed by atoms with Gasteiger partial charge in [-0.1, -0.05) is 19.3 Å². The summed E-state index contributed by atoms with van der Waals surface area (Å²) in [6.07, 6.45) is 4.78. The van der Waals surface area contributed by atoms with Crippen LogP contribution in [0.2, 0.25) is 0 Å². The number of hydrogen-bond donors (Lipinski definition) is 0. The van der Waals surface area contributed by atoms with Crippen LogP contribution in [-0.4, -0.2) is 72.4 Å². The van der Waals surface area contributed by atoms with E-state index < -0.39 is 5.97 Å². The summed E-state index contributed by atoms with van der Waals surface area (Å²) in [6, 6.07) is 4.30. The Hall–Kier alpha value is -2.74. The first kappa shape index (κ1) is 19.6. The van der Waals surface area contributed by atoms with E-state index in [4.69, 9.17) is 9.47 Å². The van der Waals surface area contributed by atoms with Crippen molar-refractivity contribution in [2.75, 3.05) is 32.9 Å². The molecule has 0 radical (unpaired) electrons. The van der Waals surface area contributed by atoms with Crippen LogP contribution in [-0.2, 0) is 14.3 Å². The fourth-order valence-electron chi connectivity index (χ4n) is 4.17. The first-order valence-electron chi connectivity index (χ1n) is 10.1. The molecule has 2 fully saturated rings. The zero-order valence-corrected chi connectivity index (χ0v) is 16.2. The third-order valence-electron chi connectivity index (χ3n) is 5.78. The molecule has 1 aliphatic carbocycles. The Labute approximate surface area is 168 Å². The summed E-state index contributed by atoms with van der Waals surface area (Å²) >= 11 is 0. The lowest BCUT2D eigenvalue weighted by molar-refractivity contribution is -0.138. The van der Waals surface area contributed by atoms with Gasteiger partial charge in [-0.15, -0.1) is 0 Å². The van der Waals surface area contributed by atoms with Crippen LogP contribution in [0.1, 0.15) is 63.2 Å². The molecule has 1 saturated heterocycles. The molecule has 0 bridgehead atoms. The fourth-order valence-corrected chi connectivity index (χ4v) is 4.17. The van der Waals surface area contributed by atoms with E-state index in [1.807, 2.05) is 0 Å². The molecular weight excluding hydrogens is 376 g/mol. The van der Waals surface area contributed by atoms with E-state index in [1.54, 1.807) is 4.90 Å². The summed E-state index contributed by atoms with van der Waals surface area (Å²) in [4.78, 5) is 53.0. The minimum absolute atomic E-state index is 0.0716. The standard InChI is InChI=1S/C21H24N2O6/c24-18(22-8-10-28-11-9-22)13-29-21(27)14-6-7-16-17(12-14)20(26)23(19(16)25)15-4-2-1-3-5-15/h6-7,12,15H,1-5,8-11,13H2. The van der Waals surface area contributed by atoms with Crippen molar-refractivity contribution in [1.29, 1.82) is 0 Å². The number of morpholine rings is 1. The number of hydrogen-bond acceptors (Lipinski definition) is 6. The minimum Gasteiger partial charge on any atom is -0.452 e. The molecule has 1 aromatic rings. The Bertz CT molecular complexity index is 840. The Morgan fingerprint density at radius 1 is 1.00 bits per heavy atom. The average molecular weight is 400 g/mol. The normalized spacial score (nSPS) is 20.0. The molecule has 4 rings (SSSR count). The first-order valence-corrected chi connectivity index (χ1v) is 10.1. The number of imide groups is 1. The number of amides is 3. The molecule has 0 unspecified atom stereocenters. The molecule has 8 nitrogen and oxygen atoms in total. The van der Waals surface area contributed by atoms with Gasteiger partial charge in [-0.25, -0.2) is 4.79 Å². The van der Waals surface area contributed by atoms with Gasteiger partial charge in [0.25, 0.3) is 17.7 Å². The monoisotopic (exact) mass is 400 g/mol. The van der Waals surface area contributed by atoms with Gasteiger partial charge in [0.2, 0.25) is 0 Å². The van der Waals surface area contributed by atoms with E-state index in [1.165, 1.54) is 23.1 Å². The maximum Gasteiger partial charge on any atom is 0.338 e. The molecule has 3 aliphatic rings. The number of rotatable bonds is 4. The van der Waals surface area contributed by atoms with Gasteiger partial charge >= 0.3 is 5.97 Å². The molecule has 0 spiro atoms. The number of carbonyl (C=O) groups is 4. The Balaban J connectivity index is 1.42. The van der Waals surface area contributed by atoms with E-state index in [9.17, 15) is 19.2 Å². The third kappa shape index (κ3) is 3.89. The van der Waals surface area contributed by atoms with Crippen LogP contribution in [0.3, 0.4) is 0 Å². The smallest absolute Gasteiger partial charge is 0.338 e. The molecule has 1 saturated carbocycles. The van der Waals surface area contributed by atoms with Crippen molar-refractivity contribution in [3.63, 3.8) is 0 Å². The first-order chi connectivity index (χ1) is 14.1. The molecular formula is C21H24N2O6. The quantitative estimate of drug-likeness (QED) is 0.563. The molecule has 8 heteroatoms. The van der Waals surface area contributed by atoms with Gasteiger partial charge in [0.05, 0.1) is 29.9 Å². The Kier molecular flexibility index (Phi) is 5.62. The van der Waals surface area contributed by atoms with Crippen molar-refractivity contribution in [3.05, 3.63) is 34.9 Å². The fraction of sp³-hybridized carbons (Fsp3) is 0.524. The highest BCUT2D eigenvalue weighted by atomic mass is 16.5. The van der Waals surface area contributed by atoms with Crippen molar-refractivity contribution in [2.24, 2.45) is 0 Å². The molecule has 2 aliphatic heterocycles. The molecule has 0 aromatic heterocycles. The van der Waals surface area contributed by atoms with Crippen molar-refractivity contribution in [1.82, 2.24) is 9.80 Å². The molecule has 0 atom stereocenters. The van der Waals surface area contributed by atoms with Crippen LogP contribution in [0.15, 0.2) is 18.2 Å². The lowest BCUT2D eigenvalue weighted by Gasteiger charge is -2.29. The largest absolute Gasteiger partial charge is 0.452 e. The molecule has 0 N–H and O–H groups in total. The van der Waals surface area contributed by atoms with E-state index >= 15 is 0 Å². The van der Waals surface area contributed by atoms with E-state index in [2.05, 4.69) is 0 Å². The minimum atomic E-state index is -0.689. The molecule has 29 heavy (non-hydrogen) atoms. The van der Waals surface area contributed by atoms with Gasteiger partial charge in [0, 0.05) is 19.1 Å². The summed E-state index contributed by atoms with van der Waals surface area (Å²) in [5.74, 6) is -1.61. The average Bonchev–Trinajstić information content (AvgIpc) is 3.02. The van der Waals surface area contributed by atoms with Crippen LogP contribution in [0.5, 0.6) is 0 Å². The summed E-state index contributed by atoms with van der Waals surface area (Å²) in [5, 5.41) is 0. The highest BCUT2D eigenvalue weighted by Gasteiger charge is 2.40. The van der Waals surface area contributed by atoms with Crippen molar-refractivity contribution < 1.29 is 28.7 Å². The summed E-state index contributed by atoms with van der Waals surface area (Å²) in [7, 11) is 0. The van der Waals surface area contributed by atoms with Crippen LogP contribution < -0.4 is 0 Å². The number of nitrogens with zero attached hydrogens (tertiary/aromatic N) is 2.